The largest absolute Gasteiger partial charge is 0.461 e. The van der Waals surface area contributed by atoms with Crippen molar-refractivity contribution in [1.82, 2.24) is 0 Å². The van der Waals surface area contributed by atoms with Gasteiger partial charge in [0, 0.05) is 29.1 Å². The maximum atomic E-state index is 12.1. The molecule has 0 atom stereocenters. The van der Waals surface area contributed by atoms with E-state index < -0.39 is 0 Å². The Hall–Kier alpha value is -2.52. The maximum Gasteiger partial charge on any atom is 0.224 e. The third-order valence-corrected chi connectivity index (χ3v) is 4.29. The minimum atomic E-state index is -0.0197. The zero-order valence-electron chi connectivity index (χ0n) is 14.1. The molecule has 1 N–H and O–H groups in total. The monoisotopic (exact) mass is 353 g/mol. The quantitative estimate of drug-likeness (QED) is 0.614. The van der Waals surface area contributed by atoms with E-state index in [-0.39, 0.29) is 5.91 Å². The molecule has 0 aliphatic heterocycles. The molecule has 4 heteroatoms. The van der Waals surface area contributed by atoms with Crippen molar-refractivity contribution in [3.8, 4) is 11.3 Å². The molecule has 3 nitrogen and oxygen atoms in total. The van der Waals surface area contributed by atoms with E-state index in [4.69, 9.17) is 16.0 Å². The fourth-order valence-corrected chi connectivity index (χ4v) is 2.69. The molecule has 0 saturated carbocycles. The minimum absolute atomic E-state index is 0.0197. The van der Waals surface area contributed by atoms with Gasteiger partial charge in [0.25, 0.3) is 0 Å². The molecule has 0 aliphatic rings. The summed E-state index contributed by atoms with van der Waals surface area (Å²) in [5.74, 6) is 1.55. The first-order valence-electron chi connectivity index (χ1n) is 8.37. The van der Waals surface area contributed by atoms with Crippen molar-refractivity contribution < 1.29 is 9.21 Å². The number of aryl methyl sites for hydroxylation is 2. The highest BCUT2D eigenvalue weighted by Crippen LogP contribution is 2.24. The Morgan fingerprint density at radius 1 is 1.00 bits per heavy atom. The van der Waals surface area contributed by atoms with Gasteiger partial charge in [0.2, 0.25) is 5.91 Å². The van der Waals surface area contributed by atoms with Crippen molar-refractivity contribution in [3.05, 3.63) is 77.0 Å². The summed E-state index contributed by atoms with van der Waals surface area (Å²) in [5.41, 5.74) is 3.04. The fourth-order valence-electron chi connectivity index (χ4n) is 2.57. The SMILES string of the molecule is CCc1ccc(NC(=O)CCc2ccc(-c3ccc(Cl)cc3)o2)cc1. The van der Waals surface area contributed by atoms with Crippen LogP contribution in [-0.4, -0.2) is 5.91 Å². The first kappa shape index (κ1) is 17.3. The smallest absolute Gasteiger partial charge is 0.224 e. The second kappa shape index (κ2) is 8.04. The second-order valence-electron chi connectivity index (χ2n) is 5.87. The second-order valence-corrected chi connectivity index (χ2v) is 6.31. The third kappa shape index (κ3) is 4.74. The third-order valence-electron chi connectivity index (χ3n) is 4.03. The van der Waals surface area contributed by atoms with Crippen LogP contribution in [0, 0.1) is 0 Å². The predicted octanol–water partition coefficient (Wildman–Crippen LogP) is 5.73. The topological polar surface area (TPSA) is 42.2 Å². The number of hydrogen-bond acceptors (Lipinski definition) is 2. The number of carbonyl (C=O) groups excluding carboxylic acids is 1. The molecule has 0 aliphatic carbocycles. The Morgan fingerprint density at radius 3 is 2.40 bits per heavy atom. The highest BCUT2D eigenvalue weighted by atomic mass is 35.5. The molecule has 0 fully saturated rings. The Bertz CT molecular complexity index is 835. The summed E-state index contributed by atoms with van der Waals surface area (Å²) in [6, 6.07) is 19.2. The van der Waals surface area contributed by atoms with Crippen LogP contribution in [0.3, 0.4) is 0 Å². The van der Waals surface area contributed by atoms with E-state index in [1.165, 1.54) is 5.56 Å². The first-order valence-corrected chi connectivity index (χ1v) is 8.75. The van der Waals surface area contributed by atoms with Crippen LogP contribution in [-0.2, 0) is 17.6 Å². The van der Waals surface area contributed by atoms with Gasteiger partial charge in [-0.1, -0.05) is 30.7 Å². The van der Waals surface area contributed by atoms with E-state index in [9.17, 15) is 4.79 Å². The molecule has 128 valence electrons. The molecular formula is C21H20ClNO2. The van der Waals surface area contributed by atoms with E-state index in [2.05, 4.69) is 12.2 Å². The summed E-state index contributed by atoms with van der Waals surface area (Å²) in [6.07, 6.45) is 1.93. The number of carbonyl (C=O) groups is 1. The van der Waals surface area contributed by atoms with Crippen molar-refractivity contribution in [2.75, 3.05) is 5.32 Å². The van der Waals surface area contributed by atoms with E-state index in [1.54, 1.807) is 0 Å². The van der Waals surface area contributed by atoms with Crippen LogP contribution in [0.5, 0.6) is 0 Å². The molecule has 1 amide bonds. The highest BCUT2D eigenvalue weighted by molar-refractivity contribution is 6.30. The number of halogens is 1. The lowest BCUT2D eigenvalue weighted by atomic mass is 10.1. The summed E-state index contributed by atoms with van der Waals surface area (Å²) in [5, 5.41) is 3.61. The van der Waals surface area contributed by atoms with E-state index in [0.717, 1.165) is 29.2 Å². The van der Waals surface area contributed by atoms with Crippen LogP contribution in [0.15, 0.2) is 65.1 Å². The van der Waals surface area contributed by atoms with Gasteiger partial charge >= 0.3 is 0 Å². The standard InChI is InChI=1S/C21H20ClNO2/c1-2-15-3-9-18(10-4-15)23-21(24)14-12-19-11-13-20(25-19)16-5-7-17(22)8-6-16/h3-11,13H,2,12,14H2,1H3,(H,23,24). The summed E-state index contributed by atoms with van der Waals surface area (Å²) in [6.45, 7) is 2.11. The van der Waals surface area contributed by atoms with Crippen molar-refractivity contribution in [3.63, 3.8) is 0 Å². The average molecular weight is 354 g/mol. The number of furan rings is 1. The van der Waals surface area contributed by atoms with Crippen LogP contribution in [0.25, 0.3) is 11.3 Å². The van der Waals surface area contributed by atoms with Gasteiger partial charge in [-0.05, 0) is 60.5 Å². The normalized spacial score (nSPS) is 10.6. The molecule has 3 aromatic rings. The lowest BCUT2D eigenvalue weighted by molar-refractivity contribution is -0.116. The lowest BCUT2D eigenvalue weighted by Gasteiger charge is -2.05. The molecule has 3 rings (SSSR count). The molecular weight excluding hydrogens is 334 g/mol. The van der Waals surface area contributed by atoms with Gasteiger partial charge in [-0.25, -0.2) is 0 Å². The lowest BCUT2D eigenvalue weighted by Crippen LogP contribution is -2.12. The van der Waals surface area contributed by atoms with E-state index >= 15 is 0 Å². The molecule has 1 heterocycles. The first-order chi connectivity index (χ1) is 12.1. The van der Waals surface area contributed by atoms with Crippen molar-refractivity contribution in [2.45, 2.75) is 26.2 Å². The van der Waals surface area contributed by atoms with Crippen molar-refractivity contribution in [1.29, 1.82) is 0 Å². The molecule has 1 aromatic heterocycles. The van der Waals surface area contributed by atoms with E-state index in [1.807, 2.05) is 60.7 Å². The molecule has 25 heavy (non-hydrogen) atoms. The van der Waals surface area contributed by atoms with Gasteiger partial charge in [-0.3, -0.25) is 4.79 Å². The van der Waals surface area contributed by atoms with Crippen LogP contribution < -0.4 is 5.32 Å². The molecule has 0 spiro atoms. The Balaban J connectivity index is 1.54. The van der Waals surface area contributed by atoms with Gasteiger partial charge in [0.05, 0.1) is 0 Å². The summed E-state index contributed by atoms with van der Waals surface area (Å²) in [7, 11) is 0. The van der Waals surface area contributed by atoms with Gasteiger partial charge in [-0.2, -0.15) is 0 Å². The fraction of sp³-hybridized carbons (Fsp3) is 0.190. The highest BCUT2D eigenvalue weighted by Gasteiger charge is 2.08. The summed E-state index contributed by atoms with van der Waals surface area (Å²) < 4.78 is 5.82. The summed E-state index contributed by atoms with van der Waals surface area (Å²) >= 11 is 5.90. The van der Waals surface area contributed by atoms with Crippen molar-refractivity contribution >= 4 is 23.2 Å². The Morgan fingerprint density at radius 2 is 1.72 bits per heavy atom. The zero-order valence-corrected chi connectivity index (χ0v) is 14.8. The van der Waals surface area contributed by atoms with Crippen LogP contribution in [0.1, 0.15) is 24.7 Å². The van der Waals surface area contributed by atoms with Crippen LogP contribution in [0.2, 0.25) is 5.02 Å². The number of rotatable bonds is 6. The zero-order chi connectivity index (χ0) is 17.6. The van der Waals surface area contributed by atoms with E-state index in [0.29, 0.717) is 17.9 Å². The number of anilines is 1. The minimum Gasteiger partial charge on any atom is -0.461 e. The number of nitrogens with one attached hydrogen (secondary N) is 1. The van der Waals surface area contributed by atoms with Gasteiger partial charge in [0.1, 0.15) is 11.5 Å². The van der Waals surface area contributed by atoms with Gasteiger partial charge < -0.3 is 9.73 Å². The van der Waals surface area contributed by atoms with Crippen molar-refractivity contribution in [2.24, 2.45) is 0 Å². The number of amides is 1. The molecule has 0 radical (unpaired) electrons. The van der Waals surface area contributed by atoms with Crippen LogP contribution >= 0.6 is 11.6 Å². The molecule has 0 bridgehead atoms. The van der Waals surface area contributed by atoms with Gasteiger partial charge in [0.15, 0.2) is 0 Å². The molecule has 0 saturated heterocycles. The Labute approximate surface area is 152 Å². The Kier molecular flexibility index (Phi) is 5.56. The number of benzene rings is 2. The predicted molar refractivity (Wildman–Crippen MR) is 102 cm³/mol. The molecule has 0 unspecified atom stereocenters. The summed E-state index contributed by atoms with van der Waals surface area (Å²) in [4.78, 5) is 12.1. The van der Waals surface area contributed by atoms with Gasteiger partial charge in [-0.15, -0.1) is 0 Å². The average Bonchev–Trinajstić information content (AvgIpc) is 3.10. The number of hydrogen-bond donors (Lipinski definition) is 1. The maximum absolute atomic E-state index is 12.1. The van der Waals surface area contributed by atoms with Crippen LogP contribution in [0.4, 0.5) is 5.69 Å². The molecule has 2 aromatic carbocycles.